The Morgan fingerprint density at radius 2 is 1.56 bits per heavy atom. The molecule has 0 radical (unpaired) electrons. The quantitative estimate of drug-likeness (QED) is 0.338. The van der Waals surface area contributed by atoms with Crippen LogP contribution in [0.15, 0.2) is 48.6 Å². The molecule has 0 spiro atoms. The van der Waals surface area contributed by atoms with Gasteiger partial charge in [0.25, 0.3) is 0 Å². The third-order valence-electron chi connectivity index (χ3n) is 2.79. The molecule has 102 valence electrons. The van der Waals surface area contributed by atoms with Crippen molar-refractivity contribution in [3.8, 4) is 0 Å². The summed E-state index contributed by atoms with van der Waals surface area (Å²) in [5.41, 5.74) is 2.62. The van der Waals surface area contributed by atoms with Gasteiger partial charge in [-0.3, -0.25) is 0 Å². The second-order valence-corrected chi connectivity index (χ2v) is 5.05. The lowest BCUT2D eigenvalue weighted by molar-refractivity contribution is -0.862. The summed E-state index contributed by atoms with van der Waals surface area (Å²) in [5, 5.41) is 12.3. The molecule has 2 heteroatoms. The minimum Gasteiger partial charge on any atom is -0.632 e. The van der Waals surface area contributed by atoms with E-state index in [4.69, 9.17) is 0 Å². The van der Waals surface area contributed by atoms with Crippen molar-refractivity contribution >= 4 is 0 Å². The summed E-state index contributed by atoms with van der Waals surface area (Å²) >= 11 is 0. The van der Waals surface area contributed by atoms with Crippen molar-refractivity contribution in [1.82, 2.24) is 0 Å². The van der Waals surface area contributed by atoms with E-state index in [1.54, 1.807) is 12.2 Å². The molecule has 0 aliphatic heterocycles. The van der Waals surface area contributed by atoms with E-state index in [0.29, 0.717) is 19.6 Å². The fourth-order valence-electron chi connectivity index (χ4n) is 1.71. The van der Waals surface area contributed by atoms with Crippen LogP contribution in [0.1, 0.15) is 33.6 Å². The molecule has 18 heavy (non-hydrogen) atoms. The maximum Gasteiger partial charge on any atom is 0.0978 e. The Morgan fingerprint density at radius 3 is 2.00 bits per heavy atom. The molecule has 0 heterocycles. The van der Waals surface area contributed by atoms with Crippen LogP contribution >= 0.6 is 0 Å². The second-order valence-electron chi connectivity index (χ2n) is 5.05. The van der Waals surface area contributed by atoms with E-state index >= 15 is 0 Å². The number of rotatable bonds is 9. The van der Waals surface area contributed by atoms with Gasteiger partial charge in [-0.1, -0.05) is 30.4 Å². The monoisotopic (exact) mass is 249 g/mol. The predicted octanol–water partition coefficient (Wildman–Crippen LogP) is 4.37. The van der Waals surface area contributed by atoms with Gasteiger partial charge in [-0.05, 0) is 51.8 Å². The van der Waals surface area contributed by atoms with Gasteiger partial charge in [0.1, 0.15) is 0 Å². The number of quaternary nitrogens is 1. The van der Waals surface area contributed by atoms with Crippen LogP contribution in [0.5, 0.6) is 0 Å². The first-order valence-electron chi connectivity index (χ1n) is 6.51. The van der Waals surface area contributed by atoms with Crippen LogP contribution in [-0.2, 0) is 0 Å². The molecule has 0 bridgehead atoms. The molecule has 0 atom stereocenters. The Kier molecular flexibility index (Phi) is 8.34. The van der Waals surface area contributed by atoms with Gasteiger partial charge < -0.3 is 9.85 Å². The van der Waals surface area contributed by atoms with Crippen molar-refractivity contribution in [2.24, 2.45) is 0 Å². The minimum atomic E-state index is -0.285. The van der Waals surface area contributed by atoms with Gasteiger partial charge in [0.2, 0.25) is 0 Å². The van der Waals surface area contributed by atoms with E-state index in [0.717, 1.165) is 12.8 Å². The normalized spacial score (nSPS) is 12.1. The van der Waals surface area contributed by atoms with E-state index in [2.05, 4.69) is 46.1 Å². The number of hydrogen-bond donors (Lipinski definition) is 0. The highest BCUT2D eigenvalue weighted by Gasteiger charge is 2.10. The maximum atomic E-state index is 12.3. The average Bonchev–Trinajstić information content (AvgIpc) is 2.27. The first-order chi connectivity index (χ1) is 8.43. The lowest BCUT2D eigenvalue weighted by Crippen LogP contribution is -2.42. The highest BCUT2D eigenvalue weighted by Crippen LogP contribution is 2.10. The second kappa shape index (κ2) is 8.90. The first kappa shape index (κ1) is 16.9. The van der Waals surface area contributed by atoms with Crippen LogP contribution in [0, 0.1) is 5.21 Å². The topological polar surface area (TPSA) is 23.1 Å². The lowest BCUT2D eigenvalue weighted by Gasteiger charge is -2.40. The third-order valence-corrected chi connectivity index (χ3v) is 2.79. The molecule has 2 nitrogen and oxygen atoms in total. The highest BCUT2D eigenvalue weighted by molar-refractivity contribution is 5.02. The smallest absolute Gasteiger partial charge is 0.0978 e. The third kappa shape index (κ3) is 8.04. The SMILES string of the molecule is C=CC[N+]([O-])(CC=C)CC=C(C)CCC=C(C)C. The predicted molar refractivity (Wildman–Crippen MR) is 81.0 cm³/mol. The molecule has 0 saturated heterocycles. The molecule has 0 aromatic heterocycles. The summed E-state index contributed by atoms with van der Waals surface area (Å²) in [6.45, 7) is 15.0. The van der Waals surface area contributed by atoms with Crippen LogP contribution in [-0.4, -0.2) is 24.3 Å². The highest BCUT2D eigenvalue weighted by atomic mass is 16.5. The lowest BCUT2D eigenvalue weighted by atomic mass is 10.1. The number of hydroxylamine groups is 3. The summed E-state index contributed by atoms with van der Waals surface area (Å²) < 4.78 is -0.285. The van der Waals surface area contributed by atoms with Crippen LogP contribution in [0.25, 0.3) is 0 Å². The maximum absolute atomic E-state index is 12.3. The van der Waals surface area contributed by atoms with Crippen molar-refractivity contribution in [1.29, 1.82) is 0 Å². The Labute approximate surface area is 112 Å². The van der Waals surface area contributed by atoms with Crippen molar-refractivity contribution < 1.29 is 4.65 Å². The summed E-state index contributed by atoms with van der Waals surface area (Å²) in [6.07, 6.45) is 9.72. The first-order valence-corrected chi connectivity index (χ1v) is 6.51. The van der Waals surface area contributed by atoms with E-state index in [1.807, 2.05) is 0 Å². The molecular formula is C16H27NO. The summed E-state index contributed by atoms with van der Waals surface area (Å²) in [5.74, 6) is 0. The molecule has 0 unspecified atom stereocenters. The molecule has 0 fully saturated rings. The van der Waals surface area contributed by atoms with Crippen LogP contribution < -0.4 is 0 Å². The molecule has 0 saturated carbocycles. The fraction of sp³-hybridized carbons (Fsp3) is 0.500. The summed E-state index contributed by atoms with van der Waals surface area (Å²) in [7, 11) is 0. The van der Waals surface area contributed by atoms with Gasteiger partial charge in [0.05, 0.1) is 19.6 Å². The van der Waals surface area contributed by atoms with Gasteiger partial charge in [-0.15, -0.1) is 0 Å². The molecule has 0 rings (SSSR count). The zero-order chi connectivity index (χ0) is 14.0. The van der Waals surface area contributed by atoms with Gasteiger partial charge in [0, 0.05) is 0 Å². The molecule has 0 N–H and O–H groups in total. The number of nitrogens with zero attached hydrogens (tertiary/aromatic N) is 1. The van der Waals surface area contributed by atoms with Crippen LogP contribution in [0.2, 0.25) is 0 Å². The largest absolute Gasteiger partial charge is 0.632 e. The number of allylic oxidation sites excluding steroid dienone is 3. The van der Waals surface area contributed by atoms with Crippen molar-refractivity contribution in [3.05, 3.63) is 53.8 Å². The van der Waals surface area contributed by atoms with Crippen molar-refractivity contribution in [3.63, 3.8) is 0 Å². The fourth-order valence-corrected chi connectivity index (χ4v) is 1.71. The average molecular weight is 249 g/mol. The molecule has 0 amide bonds. The Hall–Kier alpha value is -1.12. The van der Waals surface area contributed by atoms with Crippen molar-refractivity contribution in [2.75, 3.05) is 19.6 Å². The van der Waals surface area contributed by atoms with Gasteiger partial charge in [-0.25, -0.2) is 0 Å². The molecular weight excluding hydrogens is 222 g/mol. The molecule has 0 aromatic rings. The van der Waals surface area contributed by atoms with Gasteiger partial charge in [-0.2, -0.15) is 0 Å². The van der Waals surface area contributed by atoms with Gasteiger partial charge >= 0.3 is 0 Å². The molecule has 0 aliphatic rings. The zero-order valence-electron chi connectivity index (χ0n) is 12.1. The minimum absolute atomic E-state index is 0.285. The summed E-state index contributed by atoms with van der Waals surface area (Å²) in [4.78, 5) is 0. The molecule has 0 aliphatic carbocycles. The zero-order valence-corrected chi connectivity index (χ0v) is 12.1. The van der Waals surface area contributed by atoms with E-state index in [-0.39, 0.29) is 4.65 Å². The standard InChI is InChI=1S/C16H27NO/c1-6-12-17(18,13-7-2)14-11-16(5)10-8-9-15(3)4/h6-7,9,11H,1-2,8,10,12-14H2,3-5H3. The van der Waals surface area contributed by atoms with Crippen molar-refractivity contribution in [2.45, 2.75) is 33.6 Å². The van der Waals surface area contributed by atoms with Crippen LogP contribution in [0.4, 0.5) is 0 Å². The summed E-state index contributed by atoms with van der Waals surface area (Å²) in [6, 6.07) is 0. The Balaban J connectivity index is 4.34. The molecule has 0 aromatic carbocycles. The van der Waals surface area contributed by atoms with E-state index in [1.165, 1.54) is 11.1 Å². The van der Waals surface area contributed by atoms with E-state index in [9.17, 15) is 5.21 Å². The Morgan fingerprint density at radius 1 is 1.00 bits per heavy atom. The number of hydrogen-bond acceptors (Lipinski definition) is 1. The van der Waals surface area contributed by atoms with Crippen LogP contribution in [0.3, 0.4) is 0 Å². The Bertz CT molecular complexity index is 312. The van der Waals surface area contributed by atoms with Gasteiger partial charge in [0.15, 0.2) is 0 Å². The van der Waals surface area contributed by atoms with E-state index < -0.39 is 0 Å².